The molecule has 3 unspecified atom stereocenters. The van der Waals surface area contributed by atoms with E-state index in [0.29, 0.717) is 45.4 Å². The minimum absolute atomic E-state index is 0.126. The second-order valence-corrected chi connectivity index (χ2v) is 12.8. The molecule has 5 rings (SSSR count). The molecule has 0 radical (unpaired) electrons. The first-order valence-corrected chi connectivity index (χ1v) is 13.0. The average molecular weight is 508 g/mol. The molecule has 5 aliphatic rings. The third kappa shape index (κ3) is 5.06. The first-order chi connectivity index (χ1) is 16.7. The van der Waals surface area contributed by atoms with Gasteiger partial charge in [-0.3, -0.25) is 14.5 Å². The maximum atomic E-state index is 13.8. The van der Waals surface area contributed by atoms with Crippen LogP contribution < -0.4 is 5.32 Å². The van der Waals surface area contributed by atoms with Gasteiger partial charge in [0.2, 0.25) is 5.91 Å². The fourth-order valence-corrected chi connectivity index (χ4v) is 7.39. The Morgan fingerprint density at radius 3 is 2.00 bits per heavy atom. The van der Waals surface area contributed by atoms with Gasteiger partial charge >= 0.3 is 18.0 Å². The molecule has 36 heavy (non-hydrogen) atoms. The molecule has 2 N–H and O–H groups in total. The number of carbonyl (C=O) groups is 4. The molecule has 4 aliphatic carbocycles. The fourth-order valence-electron chi connectivity index (χ4n) is 7.39. The van der Waals surface area contributed by atoms with Gasteiger partial charge in [-0.05, 0) is 78.1 Å². The number of hydrogen-bond acceptors (Lipinski definition) is 7. The Kier molecular flexibility index (Phi) is 6.81. The summed E-state index contributed by atoms with van der Waals surface area (Å²) in [5.74, 6) is -1.03. The number of aliphatic carboxylic acids is 1. The van der Waals surface area contributed by atoms with Gasteiger partial charge in [0.15, 0.2) is 0 Å². The molecule has 10 nitrogen and oxygen atoms in total. The van der Waals surface area contributed by atoms with E-state index >= 15 is 0 Å². The Morgan fingerprint density at radius 1 is 0.944 bits per heavy atom. The van der Waals surface area contributed by atoms with Gasteiger partial charge in [0.25, 0.3) is 0 Å². The number of methoxy groups -OCH3 is 1. The van der Waals surface area contributed by atoms with Crippen LogP contribution in [0.1, 0.15) is 66.2 Å². The highest BCUT2D eigenvalue weighted by Crippen LogP contribution is 2.65. The van der Waals surface area contributed by atoms with Crippen molar-refractivity contribution >= 4 is 23.9 Å². The van der Waals surface area contributed by atoms with Gasteiger partial charge in [-0.2, -0.15) is 0 Å². The SMILES string of the molecule is COC(=O)C12CC3CC(CC(C(=O)NC(C)(CN4CCN(C(=O)OC(C)(C)C)CC4)C(=O)O)(C3)C1)C2. The van der Waals surface area contributed by atoms with Crippen molar-refractivity contribution in [1.82, 2.24) is 15.1 Å². The highest BCUT2D eigenvalue weighted by atomic mass is 16.6. The van der Waals surface area contributed by atoms with Crippen LogP contribution in [0, 0.1) is 22.7 Å². The zero-order valence-corrected chi connectivity index (χ0v) is 22.2. The van der Waals surface area contributed by atoms with E-state index in [1.165, 1.54) is 7.11 Å². The number of hydrogen-bond donors (Lipinski definition) is 2. The van der Waals surface area contributed by atoms with Crippen molar-refractivity contribution in [3.63, 3.8) is 0 Å². The molecule has 0 spiro atoms. The lowest BCUT2D eigenvalue weighted by Crippen LogP contribution is -2.66. The maximum Gasteiger partial charge on any atom is 0.410 e. The lowest BCUT2D eigenvalue weighted by atomic mass is 9.44. The summed E-state index contributed by atoms with van der Waals surface area (Å²) in [6.07, 6.45) is 3.96. The predicted octanol–water partition coefficient (Wildman–Crippen LogP) is 2.26. The number of carboxylic acid groups (broad SMARTS) is 1. The third-order valence-electron chi connectivity index (χ3n) is 8.59. The Labute approximate surface area is 213 Å². The van der Waals surface area contributed by atoms with E-state index < -0.39 is 27.9 Å². The maximum absolute atomic E-state index is 13.8. The molecule has 1 aliphatic heterocycles. The number of rotatable bonds is 6. The Hall–Kier alpha value is -2.36. The van der Waals surface area contributed by atoms with Crippen molar-refractivity contribution < 1.29 is 33.8 Å². The van der Waals surface area contributed by atoms with Gasteiger partial charge < -0.3 is 24.8 Å². The van der Waals surface area contributed by atoms with Crippen LogP contribution in [0.4, 0.5) is 4.79 Å². The van der Waals surface area contributed by atoms with Gasteiger partial charge in [0, 0.05) is 32.7 Å². The van der Waals surface area contributed by atoms with Gasteiger partial charge in [0.05, 0.1) is 17.9 Å². The van der Waals surface area contributed by atoms with Crippen molar-refractivity contribution in [2.45, 2.75) is 77.4 Å². The first kappa shape index (κ1) is 26.7. The van der Waals surface area contributed by atoms with Crippen molar-refractivity contribution in [1.29, 1.82) is 0 Å². The number of amides is 2. The van der Waals surface area contributed by atoms with Crippen molar-refractivity contribution in [3.05, 3.63) is 0 Å². The standard InChI is InChI=1S/C26H41N3O7/c1-23(2,3)36-22(34)29-8-6-28(7-9-29)16-24(4,20(31)32)27-19(30)25-11-17-10-18(12-25)14-26(13-17,15-25)21(33)35-5/h17-18H,6-16H2,1-5H3,(H,27,30)(H,31,32). The Bertz CT molecular complexity index is 907. The second kappa shape index (κ2) is 9.19. The molecule has 202 valence electrons. The van der Waals surface area contributed by atoms with Crippen LogP contribution in [0.15, 0.2) is 0 Å². The number of nitrogens with one attached hydrogen (secondary N) is 1. The normalized spacial score (nSPS) is 33.5. The van der Waals surface area contributed by atoms with Crippen LogP contribution in [0.5, 0.6) is 0 Å². The molecular weight excluding hydrogens is 466 g/mol. The van der Waals surface area contributed by atoms with Crippen LogP contribution >= 0.6 is 0 Å². The van der Waals surface area contributed by atoms with Crippen LogP contribution in [0.25, 0.3) is 0 Å². The molecule has 4 saturated carbocycles. The Balaban J connectivity index is 1.42. The minimum atomic E-state index is -1.49. The van der Waals surface area contributed by atoms with Gasteiger partial charge in [-0.25, -0.2) is 9.59 Å². The highest BCUT2D eigenvalue weighted by Gasteiger charge is 2.64. The summed E-state index contributed by atoms with van der Waals surface area (Å²) >= 11 is 0. The number of ether oxygens (including phenoxy) is 2. The summed E-state index contributed by atoms with van der Waals surface area (Å²) in [5.41, 5.74) is -3.44. The average Bonchev–Trinajstić information content (AvgIpc) is 2.76. The topological polar surface area (TPSA) is 125 Å². The van der Waals surface area contributed by atoms with Crippen LogP contribution in [-0.2, 0) is 23.9 Å². The van der Waals surface area contributed by atoms with Crippen molar-refractivity contribution in [2.24, 2.45) is 22.7 Å². The molecule has 2 amide bonds. The lowest BCUT2D eigenvalue weighted by Gasteiger charge is -2.60. The second-order valence-electron chi connectivity index (χ2n) is 12.8. The summed E-state index contributed by atoms with van der Waals surface area (Å²) in [4.78, 5) is 54.9. The summed E-state index contributed by atoms with van der Waals surface area (Å²) in [6.45, 7) is 8.95. The van der Waals surface area contributed by atoms with E-state index in [-0.39, 0.29) is 36.4 Å². The zero-order chi connectivity index (χ0) is 26.5. The largest absolute Gasteiger partial charge is 0.479 e. The minimum Gasteiger partial charge on any atom is -0.479 e. The lowest BCUT2D eigenvalue weighted by molar-refractivity contribution is -0.183. The van der Waals surface area contributed by atoms with E-state index in [1.54, 1.807) is 11.8 Å². The zero-order valence-electron chi connectivity index (χ0n) is 22.2. The van der Waals surface area contributed by atoms with Gasteiger partial charge in [0.1, 0.15) is 11.1 Å². The van der Waals surface area contributed by atoms with Crippen LogP contribution in [-0.4, -0.2) is 89.8 Å². The van der Waals surface area contributed by atoms with Crippen LogP contribution in [0.3, 0.4) is 0 Å². The molecule has 1 saturated heterocycles. The van der Waals surface area contributed by atoms with E-state index in [2.05, 4.69) is 5.32 Å². The first-order valence-electron chi connectivity index (χ1n) is 13.0. The molecule has 0 aromatic heterocycles. The van der Waals surface area contributed by atoms with Crippen molar-refractivity contribution in [2.75, 3.05) is 39.8 Å². The van der Waals surface area contributed by atoms with E-state index in [4.69, 9.17) is 9.47 Å². The summed E-state index contributed by atoms with van der Waals surface area (Å²) < 4.78 is 10.6. The van der Waals surface area contributed by atoms with Gasteiger partial charge in [-0.1, -0.05) is 0 Å². The summed E-state index contributed by atoms with van der Waals surface area (Å²) in [5, 5.41) is 13.0. The monoisotopic (exact) mass is 507 g/mol. The molecule has 0 aromatic rings. The smallest absolute Gasteiger partial charge is 0.410 e. The molecule has 0 aromatic carbocycles. The summed E-state index contributed by atoms with van der Waals surface area (Å²) in [6, 6.07) is 0. The number of carboxylic acids is 1. The molecule has 10 heteroatoms. The fraction of sp³-hybridized carbons (Fsp3) is 0.846. The number of esters is 1. The molecule has 1 heterocycles. The third-order valence-corrected chi connectivity index (χ3v) is 8.59. The highest BCUT2D eigenvalue weighted by molar-refractivity contribution is 5.91. The predicted molar refractivity (Wildman–Crippen MR) is 130 cm³/mol. The molecule has 3 atom stereocenters. The van der Waals surface area contributed by atoms with E-state index in [9.17, 15) is 24.3 Å². The summed E-state index contributed by atoms with van der Waals surface area (Å²) in [7, 11) is 1.40. The molecule has 5 fully saturated rings. The molecule has 4 bridgehead atoms. The van der Waals surface area contributed by atoms with Crippen molar-refractivity contribution in [3.8, 4) is 0 Å². The number of piperazine rings is 1. The quantitative estimate of drug-likeness (QED) is 0.525. The van der Waals surface area contributed by atoms with E-state index in [1.807, 2.05) is 25.7 Å². The van der Waals surface area contributed by atoms with Crippen LogP contribution in [0.2, 0.25) is 0 Å². The number of nitrogens with zero attached hydrogens (tertiary/aromatic N) is 2. The van der Waals surface area contributed by atoms with E-state index in [0.717, 1.165) is 19.3 Å². The molecular formula is C26H41N3O7. The number of carbonyl (C=O) groups excluding carboxylic acids is 3. The Morgan fingerprint density at radius 2 is 1.50 bits per heavy atom. The van der Waals surface area contributed by atoms with Gasteiger partial charge in [-0.15, -0.1) is 0 Å².